The van der Waals surface area contributed by atoms with Crippen LogP contribution in [0.4, 0.5) is 0 Å². The highest BCUT2D eigenvalue weighted by Crippen LogP contribution is 2.17. The fourth-order valence-electron chi connectivity index (χ4n) is 2.64. The van der Waals surface area contributed by atoms with E-state index < -0.39 is 0 Å². The van der Waals surface area contributed by atoms with E-state index in [0.29, 0.717) is 0 Å². The molecule has 0 spiro atoms. The molecule has 3 nitrogen and oxygen atoms in total. The molecular formula is C16H25ClN2O. The van der Waals surface area contributed by atoms with Gasteiger partial charge < -0.3 is 10.1 Å². The first kappa shape index (κ1) is 15.8. The number of aryl methyl sites for hydroxylation is 1. The molecule has 0 unspecified atom stereocenters. The van der Waals surface area contributed by atoms with E-state index in [1.807, 2.05) is 12.1 Å². The van der Waals surface area contributed by atoms with Crippen molar-refractivity contribution in [3.63, 3.8) is 0 Å². The molecule has 0 aliphatic carbocycles. The number of ether oxygens (including phenoxy) is 1. The van der Waals surface area contributed by atoms with Crippen LogP contribution in [0.25, 0.3) is 0 Å². The van der Waals surface area contributed by atoms with E-state index in [0.717, 1.165) is 44.4 Å². The summed E-state index contributed by atoms with van der Waals surface area (Å²) >= 11 is 5.99. The molecule has 1 aliphatic heterocycles. The number of hydrogen-bond donors (Lipinski definition) is 1. The Balaban J connectivity index is 1.85. The molecule has 20 heavy (non-hydrogen) atoms. The van der Waals surface area contributed by atoms with E-state index >= 15 is 0 Å². The van der Waals surface area contributed by atoms with Gasteiger partial charge in [-0.3, -0.25) is 4.90 Å². The highest BCUT2D eigenvalue weighted by molar-refractivity contribution is 6.30. The zero-order chi connectivity index (χ0) is 14.6. The maximum atomic E-state index is 5.99. The van der Waals surface area contributed by atoms with E-state index in [-0.39, 0.29) is 5.54 Å². The van der Waals surface area contributed by atoms with Crippen molar-refractivity contribution in [2.75, 3.05) is 32.8 Å². The lowest BCUT2D eigenvalue weighted by molar-refractivity contribution is -0.00967. The van der Waals surface area contributed by atoms with Crippen molar-refractivity contribution in [1.29, 1.82) is 0 Å². The van der Waals surface area contributed by atoms with Crippen LogP contribution in [0.1, 0.15) is 25.0 Å². The third kappa shape index (κ3) is 4.19. The number of hydrogen-bond acceptors (Lipinski definition) is 3. The number of nitrogens with zero attached hydrogens (tertiary/aromatic N) is 1. The molecule has 1 aromatic rings. The minimum absolute atomic E-state index is 0.157. The Labute approximate surface area is 127 Å². The van der Waals surface area contributed by atoms with Crippen LogP contribution in [0.5, 0.6) is 0 Å². The van der Waals surface area contributed by atoms with Crippen molar-refractivity contribution in [3.05, 3.63) is 34.3 Å². The average Bonchev–Trinajstić information content (AvgIpc) is 2.42. The maximum absolute atomic E-state index is 5.99. The molecule has 0 radical (unpaired) electrons. The van der Waals surface area contributed by atoms with Crippen LogP contribution in [0.15, 0.2) is 18.2 Å². The predicted octanol–water partition coefficient (Wildman–Crippen LogP) is 2.85. The standard InChI is InChI=1S/C16H25ClN2O/c1-13-10-15(17)5-4-14(13)11-18-12-16(2,3)19-6-8-20-9-7-19/h4-5,10,18H,6-9,11-12H2,1-3H3. The SMILES string of the molecule is Cc1cc(Cl)ccc1CNCC(C)(C)N1CCOCC1. The Hall–Kier alpha value is -0.610. The van der Waals surface area contributed by atoms with Gasteiger partial charge >= 0.3 is 0 Å². The van der Waals surface area contributed by atoms with Gasteiger partial charge in [0, 0.05) is 36.7 Å². The summed E-state index contributed by atoms with van der Waals surface area (Å²) in [6.07, 6.45) is 0. The molecule has 1 saturated heterocycles. The Bertz CT molecular complexity index is 442. The minimum Gasteiger partial charge on any atom is -0.379 e. The summed E-state index contributed by atoms with van der Waals surface area (Å²) in [6.45, 7) is 12.3. The number of rotatable bonds is 5. The van der Waals surface area contributed by atoms with Crippen LogP contribution in [0.2, 0.25) is 5.02 Å². The van der Waals surface area contributed by atoms with E-state index in [1.54, 1.807) is 0 Å². The van der Waals surface area contributed by atoms with Crippen LogP contribution < -0.4 is 5.32 Å². The molecule has 1 heterocycles. The second-order valence-electron chi connectivity index (χ2n) is 6.09. The van der Waals surface area contributed by atoms with Gasteiger partial charge in [0.25, 0.3) is 0 Å². The molecule has 1 aromatic carbocycles. The van der Waals surface area contributed by atoms with Crippen LogP contribution in [0.3, 0.4) is 0 Å². The summed E-state index contributed by atoms with van der Waals surface area (Å²) in [5.41, 5.74) is 2.71. The van der Waals surface area contributed by atoms with Gasteiger partial charge in [-0.2, -0.15) is 0 Å². The van der Waals surface area contributed by atoms with Gasteiger partial charge in [-0.1, -0.05) is 17.7 Å². The number of morpholine rings is 1. The van der Waals surface area contributed by atoms with Gasteiger partial charge in [-0.25, -0.2) is 0 Å². The van der Waals surface area contributed by atoms with Crippen molar-refractivity contribution in [2.45, 2.75) is 32.9 Å². The summed E-state index contributed by atoms with van der Waals surface area (Å²) < 4.78 is 5.42. The zero-order valence-corrected chi connectivity index (χ0v) is 13.5. The van der Waals surface area contributed by atoms with Crippen molar-refractivity contribution >= 4 is 11.6 Å². The Morgan fingerprint density at radius 1 is 1.30 bits per heavy atom. The fraction of sp³-hybridized carbons (Fsp3) is 0.625. The molecule has 0 atom stereocenters. The van der Waals surface area contributed by atoms with Gasteiger partial charge in [0.05, 0.1) is 13.2 Å². The molecule has 1 fully saturated rings. The number of halogens is 1. The number of benzene rings is 1. The number of nitrogens with one attached hydrogen (secondary N) is 1. The first-order valence-corrected chi connectivity index (χ1v) is 7.65. The molecule has 1 N–H and O–H groups in total. The zero-order valence-electron chi connectivity index (χ0n) is 12.7. The van der Waals surface area contributed by atoms with Crippen molar-refractivity contribution in [1.82, 2.24) is 10.2 Å². The van der Waals surface area contributed by atoms with Gasteiger partial charge in [-0.05, 0) is 44.0 Å². The average molecular weight is 297 g/mol. The van der Waals surface area contributed by atoms with Crippen molar-refractivity contribution in [2.24, 2.45) is 0 Å². The molecule has 112 valence electrons. The van der Waals surface area contributed by atoms with Gasteiger partial charge in [-0.15, -0.1) is 0 Å². The topological polar surface area (TPSA) is 24.5 Å². The third-order valence-corrected chi connectivity index (χ3v) is 4.28. The lowest BCUT2D eigenvalue weighted by Crippen LogP contribution is -2.54. The summed E-state index contributed by atoms with van der Waals surface area (Å²) in [7, 11) is 0. The summed E-state index contributed by atoms with van der Waals surface area (Å²) in [6, 6.07) is 6.08. The highest BCUT2D eigenvalue weighted by atomic mass is 35.5. The Morgan fingerprint density at radius 3 is 2.65 bits per heavy atom. The lowest BCUT2D eigenvalue weighted by atomic mass is 10.0. The molecule has 0 bridgehead atoms. The molecular weight excluding hydrogens is 272 g/mol. The Morgan fingerprint density at radius 2 is 2.00 bits per heavy atom. The quantitative estimate of drug-likeness (QED) is 0.904. The molecule has 0 amide bonds. The summed E-state index contributed by atoms with van der Waals surface area (Å²) in [4.78, 5) is 2.50. The van der Waals surface area contributed by atoms with Crippen molar-refractivity contribution in [3.8, 4) is 0 Å². The highest BCUT2D eigenvalue weighted by Gasteiger charge is 2.27. The van der Waals surface area contributed by atoms with E-state index in [4.69, 9.17) is 16.3 Å². The van der Waals surface area contributed by atoms with Crippen molar-refractivity contribution < 1.29 is 4.74 Å². The molecule has 1 aliphatic rings. The van der Waals surface area contributed by atoms with E-state index in [2.05, 4.69) is 37.1 Å². The van der Waals surface area contributed by atoms with Crippen LogP contribution >= 0.6 is 11.6 Å². The molecule has 4 heteroatoms. The molecule has 0 aromatic heterocycles. The predicted molar refractivity (Wildman–Crippen MR) is 84.4 cm³/mol. The maximum Gasteiger partial charge on any atom is 0.0594 e. The normalized spacial score (nSPS) is 17.4. The molecule has 2 rings (SSSR count). The monoisotopic (exact) mass is 296 g/mol. The first-order valence-electron chi connectivity index (χ1n) is 7.27. The second-order valence-corrected chi connectivity index (χ2v) is 6.52. The fourth-order valence-corrected chi connectivity index (χ4v) is 2.87. The first-order chi connectivity index (χ1) is 9.49. The largest absolute Gasteiger partial charge is 0.379 e. The Kier molecular flexibility index (Phi) is 5.44. The third-order valence-electron chi connectivity index (χ3n) is 4.04. The lowest BCUT2D eigenvalue weighted by Gasteiger charge is -2.41. The smallest absolute Gasteiger partial charge is 0.0594 e. The van der Waals surface area contributed by atoms with Crippen LogP contribution in [-0.2, 0) is 11.3 Å². The van der Waals surface area contributed by atoms with E-state index in [1.165, 1.54) is 11.1 Å². The van der Waals surface area contributed by atoms with Gasteiger partial charge in [0.15, 0.2) is 0 Å². The van der Waals surface area contributed by atoms with Crippen LogP contribution in [-0.4, -0.2) is 43.3 Å². The summed E-state index contributed by atoms with van der Waals surface area (Å²) in [5, 5.41) is 4.38. The van der Waals surface area contributed by atoms with Gasteiger partial charge in [0.2, 0.25) is 0 Å². The van der Waals surface area contributed by atoms with E-state index in [9.17, 15) is 0 Å². The summed E-state index contributed by atoms with van der Waals surface area (Å²) in [5.74, 6) is 0. The molecule has 0 saturated carbocycles. The van der Waals surface area contributed by atoms with Gasteiger partial charge in [0.1, 0.15) is 0 Å². The second kappa shape index (κ2) is 6.90. The van der Waals surface area contributed by atoms with Crippen LogP contribution in [0, 0.1) is 6.92 Å². The minimum atomic E-state index is 0.157.